The number of fused-ring (bicyclic) bond motifs is 1. The third kappa shape index (κ3) is 3.77. The number of aryl methyl sites for hydroxylation is 1. The molecule has 0 radical (unpaired) electrons. The summed E-state index contributed by atoms with van der Waals surface area (Å²) in [6.45, 7) is 2.54. The second-order valence-corrected chi connectivity index (χ2v) is 8.58. The van der Waals surface area contributed by atoms with Crippen molar-refractivity contribution in [3.05, 3.63) is 76.2 Å². The predicted octanol–water partition coefficient (Wildman–Crippen LogP) is 4.83. The molecule has 2 aromatic carbocycles. The molecule has 6 nitrogen and oxygen atoms in total. The highest BCUT2D eigenvalue weighted by Gasteiger charge is 2.25. The highest BCUT2D eigenvalue weighted by atomic mass is 32.1. The molecule has 32 heavy (non-hydrogen) atoms. The van der Waals surface area contributed by atoms with Crippen LogP contribution in [0.15, 0.2) is 54.6 Å². The molecule has 0 aliphatic carbocycles. The lowest BCUT2D eigenvalue weighted by molar-refractivity contribution is 0.0791. The van der Waals surface area contributed by atoms with Gasteiger partial charge >= 0.3 is 0 Å². The summed E-state index contributed by atoms with van der Waals surface area (Å²) in [4.78, 5) is 20.2. The van der Waals surface area contributed by atoms with E-state index in [1.54, 1.807) is 11.9 Å². The zero-order valence-electron chi connectivity index (χ0n) is 17.9. The molecule has 0 atom stereocenters. The van der Waals surface area contributed by atoms with Crippen LogP contribution in [0.1, 0.15) is 33.3 Å². The first-order valence-electron chi connectivity index (χ1n) is 10.2. The molecule has 0 unspecified atom stereocenters. The van der Waals surface area contributed by atoms with E-state index >= 15 is 0 Å². The molecule has 0 bridgehead atoms. The van der Waals surface area contributed by atoms with E-state index in [1.807, 2.05) is 54.6 Å². The summed E-state index contributed by atoms with van der Waals surface area (Å²) in [7, 11) is 1.74. The summed E-state index contributed by atoms with van der Waals surface area (Å²) in [5.74, 6) is -0.0637. The van der Waals surface area contributed by atoms with Crippen molar-refractivity contribution in [2.24, 2.45) is 0 Å². The molecular formula is C25H23N5OS. The number of rotatable bonds is 5. The number of nitriles is 1. The van der Waals surface area contributed by atoms with Gasteiger partial charge in [-0.1, -0.05) is 61.5 Å². The molecule has 2 aromatic heterocycles. The molecule has 160 valence electrons. The van der Waals surface area contributed by atoms with Crippen molar-refractivity contribution in [2.45, 2.75) is 19.9 Å². The van der Waals surface area contributed by atoms with Gasteiger partial charge in [0.1, 0.15) is 27.2 Å². The molecule has 4 aromatic rings. The standard InChI is InChI=1S/C25H23N5OS/c1-3-15-9-11-17(12-10-15)19-18(13-26)23(28)29-24-20(19)21(27)22(32-24)25(31)30(2)14-16-7-5-4-6-8-16/h4-12H,3,14,27H2,1-2H3,(H2,28,29). The van der Waals surface area contributed by atoms with Gasteiger partial charge < -0.3 is 16.4 Å². The maximum absolute atomic E-state index is 13.2. The minimum Gasteiger partial charge on any atom is -0.397 e. The van der Waals surface area contributed by atoms with Crippen LogP contribution in [0.2, 0.25) is 0 Å². The maximum Gasteiger partial charge on any atom is 0.266 e. The van der Waals surface area contributed by atoms with Gasteiger partial charge in [0.25, 0.3) is 5.91 Å². The molecule has 0 fully saturated rings. The molecule has 4 rings (SSSR count). The highest BCUT2D eigenvalue weighted by Crippen LogP contribution is 2.43. The minimum absolute atomic E-state index is 0.132. The number of hydrogen-bond acceptors (Lipinski definition) is 6. The van der Waals surface area contributed by atoms with E-state index in [0.29, 0.717) is 32.9 Å². The largest absolute Gasteiger partial charge is 0.397 e. The Morgan fingerprint density at radius 1 is 1.09 bits per heavy atom. The van der Waals surface area contributed by atoms with Crippen molar-refractivity contribution in [1.29, 1.82) is 5.26 Å². The first-order valence-corrected chi connectivity index (χ1v) is 11.1. The molecule has 2 heterocycles. The Morgan fingerprint density at radius 2 is 1.78 bits per heavy atom. The van der Waals surface area contributed by atoms with Gasteiger partial charge in [0, 0.05) is 24.5 Å². The highest BCUT2D eigenvalue weighted by molar-refractivity contribution is 7.21. The summed E-state index contributed by atoms with van der Waals surface area (Å²) in [5, 5.41) is 10.4. The van der Waals surface area contributed by atoms with Crippen LogP contribution in [0.25, 0.3) is 21.3 Å². The van der Waals surface area contributed by atoms with Crippen LogP contribution in [0.4, 0.5) is 11.5 Å². The quantitative estimate of drug-likeness (QED) is 0.461. The van der Waals surface area contributed by atoms with Gasteiger partial charge in [-0.3, -0.25) is 4.79 Å². The number of nitrogen functional groups attached to an aromatic ring is 2. The number of thiophene rings is 1. The number of carbonyl (C=O) groups excluding carboxylic acids is 1. The van der Waals surface area contributed by atoms with Crippen LogP contribution in [-0.4, -0.2) is 22.8 Å². The van der Waals surface area contributed by atoms with Gasteiger partial charge in [0.2, 0.25) is 0 Å². The summed E-state index contributed by atoms with van der Waals surface area (Å²) in [6, 6.07) is 19.9. The van der Waals surface area contributed by atoms with E-state index in [-0.39, 0.29) is 17.3 Å². The van der Waals surface area contributed by atoms with Crippen LogP contribution in [0, 0.1) is 11.3 Å². The van der Waals surface area contributed by atoms with E-state index < -0.39 is 0 Å². The Bertz CT molecular complexity index is 1340. The van der Waals surface area contributed by atoms with Gasteiger partial charge in [0.05, 0.1) is 5.69 Å². The first-order chi connectivity index (χ1) is 15.4. The lowest BCUT2D eigenvalue weighted by Crippen LogP contribution is -2.26. The topological polar surface area (TPSA) is 109 Å². The average molecular weight is 442 g/mol. The lowest BCUT2D eigenvalue weighted by Gasteiger charge is -2.16. The van der Waals surface area contributed by atoms with Crippen LogP contribution in [-0.2, 0) is 13.0 Å². The molecule has 4 N–H and O–H groups in total. The summed E-state index contributed by atoms with van der Waals surface area (Å²) >= 11 is 1.20. The van der Waals surface area contributed by atoms with Crippen molar-refractivity contribution in [1.82, 2.24) is 9.88 Å². The molecule has 7 heteroatoms. The fraction of sp³-hybridized carbons (Fsp3) is 0.160. The third-order valence-electron chi connectivity index (χ3n) is 5.47. The molecule has 0 spiro atoms. The van der Waals surface area contributed by atoms with E-state index in [9.17, 15) is 10.1 Å². The smallest absolute Gasteiger partial charge is 0.266 e. The van der Waals surface area contributed by atoms with Gasteiger partial charge in [-0.25, -0.2) is 4.98 Å². The molecule has 0 aliphatic heterocycles. The van der Waals surface area contributed by atoms with Crippen LogP contribution < -0.4 is 11.5 Å². The van der Waals surface area contributed by atoms with Gasteiger partial charge in [0.15, 0.2) is 0 Å². The number of aromatic nitrogens is 1. The SMILES string of the molecule is CCc1ccc(-c2c(C#N)c(N)nc3sc(C(=O)N(C)Cc4ccccc4)c(N)c23)cc1. The van der Waals surface area contributed by atoms with Crippen LogP contribution in [0.3, 0.4) is 0 Å². The summed E-state index contributed by atoms with van der Waals surface area (Å²) < 4.78 is 0. The van der Waals surface area contributed by atoms with E-state index in [4.69, 9.17) is 11.5 Å². The van der Waals surface area contributed by atoms with E-state index in [0.717, 1.165) is 17.5 Å². The number of pyridine rings is 1. The Labute approximate surface area is 190 Å². The van der Waals surface area contributed by atoms with Crippen LogP contribution in [0.5, 0.6) is 0 Å². The lowest BCUT2D eigenvalue weighted by atomic mass is 9.96. The molecule has 0 saturated heterocycles. The Kier molecular flexibility index (Phi) is 5.80. The molecule has 0 saturated carbocycles. The van der Waals surface area contributed by atoms with Crippen LogP contribution >= 0.6 is 11.3 Å². The fourth-order valence-electron chi connectivity index (χ4n) is 3.74. The van der Waals surface area contributed by atoms with Crippen molar-refractivity contribution in [3.8, 4) is 17.2 Å². The average Bonchev–Trinajstić information content (AvgIpc) is 3.13. The number of carbonyl (C=O) groups is 1. The van der Waals surface area contributed by atoms with Gasteiger partial charge in [-0.15, -0.1) is 11.3 Å². The molecular weight excluding hydrogens is 418 g/mol. The van der Waals surface area contributed by atoms with E-state index in [1.165, 1.54) is 16.9 Å². The zero-order chi connectivity index (χ0) is 22.8. The van der Waals surface area contributed by atoms with Crippen molar-refractivity contribution in [3.63, 3.8) is 0 Å². The molecule has 1 amide bonds. The zero-order valence-corrected chi connectivity index (χ0v) is 18.7. The fourth-order valence-corrected chi connectivity index (χ4v) is 4.85. The number of anilines is 2. The van der Waals surface area contributed by atoms with Crippen molar-refractivity contribution < 1.29 is 4.79 Å². The van der Waals surface area contributed by atoms with Crippen molar-refractivity contribution >= 4 is 39.0 Å². The predicted molar refractivity (Wildman–Crippen MR) is 130 cm³/mol. The third-order valence-corrected chi connectivity index (χ3v) is 6.56. The number of benzene rings is 2. The Morgan fingerprint density at radius 3 is 2.41 bits per heavy atom. The van der Waals surface area contributed by atoms with Gasteiger partial charge in [-0.2, -0.15) is 5.26 Å². The number of amides is 1. The summed E-state index contributed by atoms with van der Waals surface area (Å²) in [6.07, 6.45) is 0.909. The Balaban J connectivity index is 1.84. The molecule has 0 aliphatic rings. The first kappa shape index (κ1) is 21.3. The van der Waals surface area contributed by atoms with E-state index in [2.05, 4.69) is 18.0 Å². The summed E-state index contributed by atoms with van der Waals surface area (Å²) in [5.41, 5.74) is 16.9. The minimum atomic E-state index is -0.196. The number of hydrogen-bond donors (Lipinski definition) is 2. The number of nitrogens with two attached hydrogens (primary N) is 2. The maximum atomic E-state index is 13.2. The van der Waals surface area contributed by atoms with Gasteiger partial charge in [-0.05, 0) is 23.1 Å². The van der Waals surface area contributed by atoms with Crippen molar-refractivity contribution in [2.75, 3.05) is 18.5 Å². The Hall–Kier alpha value is -3.89. The normalized spacial score (nSPS) is 10.8. The second kappa shape index (κ2) is 8.69. The monoisotopic (exact) mass is 441 g/mol. The number of nitrogens with zero attached hydrogens (tertiary/aromatic N) is 3. The second-order valence-electron chi connectivity index (χ2n) is 7.58.